The molecule has 2 nitrogen and oxygen atoms in total. The number of carbonyl (C=O) groups excluding carboxylic acids is 1. The van der Waals surface area contributed by atoms with Crippen molar-refractivity contribution in [3.05, 3.63) is 35.1 Å². The van der Waals surface area contributed by atoms with E-state index >= 15 is 0 Å². The molecule has 0 amide bonds. The molecule has 0 bridgehead atoms. The lowest BCUT2D eigenvalue weighted by molar-refractivity contribution is -0.143. The van der Waals surface area contributed by atoms with E-state index in [0.717, 1.165) is 24.8 Å². The van der Waals surface area contributed by atoms with Gasteiger partial charge in [0.25, 0.3) is 0 Å². The van der Waals surface area contributed by atoms with Gasteiger partial charge in [-0.2, -0.15) is 0 Å². The average molecular weight is 248 g/mol. The second-order valence-corrected chi connectivity index (χ2v) is 5.44. The summed E-state index contributed by atoms with van der Waals surface area (Å²) in [6, 6.07) is 4.99. The number of carbonyl (C=O) groups is 1. The van der Waals surface area contributed by atoms with Crippen LogP contribution in [0.2, 0.25) is 0 Å². The van der Waals surface area contributed by atoms with E-state index in [1.54, 1.807) is 6.07 Å². The van der Waals surface area contributed by atoms with Crippen molar-refractivity contribution >= 4 is 5.97 Å². The molecule has 0 saturated heterocycles. The summed E-state index contributed by atoms with van der Waals surface area (Å²) in [6.45, 7) is 2.22. The Balaban J connectivity index is 1.88. The van der Waals surface area contributed by atoms with E-state index in [2.05, 4.69) is 0 Å². The summed E-state index contributed by atoms with van der Waals surface area (Å²) in [5.74, 6) is -0.214. The zero-order valence-electron chi connectivity index (χ0n) is 10.5. The van der Waals surface area contributed by atoms with Gasteiger partial charge in [0.05, 0.1) is 13.0 Å². The minimum Gasteiger partial charge on any atom is -0.466 e. The monoisotopic (exact) mass is 248 g/mol. The molecule has 0 N–H and O–H groups in total. The molecule has 1 aromatic carbocycles. The van der Waals surface area contributed by atoms with E-state index in [-0.39, 0.29) is 23.1 Å². The molecule has 0 radical (unpaired) electrons. The van der Waals surface area contributed by atoms with Crippen LogP contribution in [0.1, 0.15) is 43.2 Å². The zero-order chi connectivity index (χ0) is 12.8. The predicted octanol–water partition coefficient (Wildman–Crippen LogP) is 3.20. The van der Waals surface area contributed by atoms with Gasteiger partial charge >= 0.3 is 5.97 Å². The lowest BCUT2D eigenvalue weighted by atomic mass is 9.87. The highest BCUT2D eigenvalue weighted by Crippen LogP contribution is 2.64. The van der Waals surface area contributed by atoms with Crippen molar-refractivity contribution < 1.29 is 13.9 Å². The van der Waals surface area contributed by atoms with Gasteiger partial charge in [0, 0.05) is 5.92 Å². The molecule has 18 heavy (non-hydrogen) atoms. The number of esters is 1. The first-order valence-electron chi connectivity index (χ1n) is 6.58. The van der Waals surface area contributed by atoms with Crippen LogP contribution in [0.5, 0.6) is 0 Å². The van der Waals surface area contributed by atoms with Crippen LogP contribution in [-0.2, 0) is 16.0 Å². The molecule has 1 fully saturated rings. The number of fused-ring (bicyclic) bond motifs is 1. The molecule has 1 atom stereocenters. The van der Waals surface area contributed by atoms with Gasteiger partial charge in [-0.25, -0.2) is 4.39 Å². The maximum atomic E-state index is 13.4. The van der Waals surface area contributed by atoms with E-state index in [1.807, 2.05) is 13.0 Å². The van der Waals surface area contributed by atoms with Crippen LogP contribution in [0.15, 0.2) is 18.2 Å². The molecule has 1 saturated carbocycles. The number of ether oxygens (including phenoxy) is 1. The quantitative estimate of drug-likeness (QED) is 0.768. The van der Waals surface area contributed by atoms with Crippen molar-refractivity contribution in [1.82, 2.24) is 0 Å². The summed E-state index contributed by atoms with van der Waals surface area (Å²) < 4.78 is 18.4. The SMILES string of the molecule is CCOC(=O)CC1c2cc(F)ccc2CC12CC2. The zero-order valence-corrected chi connectivity index (χ0v) is 10.5. The lowest BCUT2D eigenvalue weighted by Gasteiger charge is -2.18. The van der Waals surface area contributed by atoms with Gasteiger partial charge in [0.2, 0.25) is 0 Å². The topological polar surface area (TPSA) is 26.3 Å². The predicted molar refractivity (Wildman–Crippen MR) is 65.8 cm³/mol. The standard InChI is InChI=1S/C15H17FO2/c1-2-18-14(17)8-13-12-7-11(16)4-3-10(12)9-15(13)5-6-15/h3-4,7,13H,2,5-6,8-9H2,1H3. The van der Waals surface area contributed by atoms with Gasteiger partial charge < -0.3 is 4.74 Å². The number of hydrogen-bond donors (Lipinski definition) is 0. The van der Waals surface area contributed by atoms with Crippen molar-refractivity contribution in [2.24, 2.45) is 5.41 Å². The molecule has 1 unspecified atom stereocenters. The number of rotatable bonds is 3. The Bertz CT molecular complexity index is 491. The van der Waals surface area contributed by atoms with Gasteiger partial charge in [-0.15, -0.1) is 0 Å². The molecular weight excluding hydrogens is 231 g/mol. The molecule has 2 aliphatic carbocycles. The van der Waals surface area contributed by atoms with Crippen molar-refractivity contribution in [2.45, 2.75) is 38.5 Å². The van der Waals surface area contributed by atoms with Crippen LogP contribution in [0, 0.1) is 11.2 Å². The fourth-order valence-corrected chi connectivity index (χ4v) is 3.28. The van der Waals surface area contributed by atoms with Crippen LogP contribution in [-0.4, -0.2) is 12.6 Å². The van der Waals surface area contributed by atoms with E-state index in [1.165, 1.54) is 11.6 Å². The van der Waals surface area contributed by atoms with Gasteiger partial charge in [-0.1, -0.05) is 6.07 Å². The second kappa shape index (κ2) is 4.08. The second-order valence-electron chi connectivity index (χ2n) is 5.44. The van der Waals surface area contributed by atoms with Gasteiger partial charge in [-0.3, -0.25) is 4.79 Å². The van der Waals surface area contributed by atoms with E-state index in [9.17, 15) is 9.18 Å². The summed E-state index contributed by atoms with van der Waals surface area (Å²) >= 11 is 0. The molecule has 3 rings (SSSR count). The molecule has 0 aromatic heterocycles. The Kier molecular flexibility index (Phi) is 2.65. The molecule has 1 aromatic rings. The summed E-state index contributed by atoms with van der Waals surface area (Å²) in [5, 5.41) is 0. The van der Waals surface area contributed by atoms with Crippen LogP contribution < -0.4 is 0 Å². The summed E-state index contributed by atoms with van der Waals surface area (Å²) in [6.07, 6.45) is 3.68. The van der Waals surface area contributed by atoms with E-state index in [4.69, 9.17) is 4.74 Å². The Hall–Kier alpha value is -1.38. The maximum Gasteiger partial charge on any atom is 0.306 e. The summed E-state index contributed by atoms with van der Waals surface area (Å²) in [7, 11) is 0. The van der Waals surface area contributed by atoms with Crippen molar-refractivity contribution in [3.8, 4) is 0 Å². The van der Waals surface area contributed by atoms with Crippen molar-refractivity contribution in [3.63, 3.8) is 0 Å². The fraction of sp³-hybridized carbons (Fsp3) is 0.533. The molecule has 1 spiro atoms. The highest BCUT2D eigenvalue weighted by molar-refractivity contribution is 5.71. The molecule has 96 valence electrons. The molecule has 0 heterocycles. The first-order valence-corrected chi connectivity index (χ1v) is 6.58. The van der Waals surface area contributed by atoms with Gasteiger partial charge in [0.15, 0.2) is 0 Å². The normalized spacial score (nSPS) is 22.9. The largest absolute Gasteiger partial charge is 0.466 e. The number of halogens is 1. The Morgan fingerprint density at radius 1 is 1.50 bits per heavy atom. The van der Waals surface area contributed by atoms with Crippen LogP contribution >= 0.6 is 0 Å². The lowest BCUT2D eigenvalue weighted by Crippen LogP contribution is -2.15. The molecule has 0 aliphatic heterocycles. The summed E-state index contributed by atoms with van der Waals surface area (Å²) in [5.41, 5.74) is 2.46. The Labute approximate surface area is 106 Å². The minimum atomic E-state index is -0.208. The number of hydrogen-bond acceptors (Lipinski definition) is 2. The first-order chi connectivity index (χ1) is 8.64. The summed E-state index contributed by atoms with van der Waals surface area (Å²) in [4.78, 5) is 11.7. The molecule has 3 heteroatoms. The maximum absolute atomic E-state index is 13.4. The Morgan fingerprint density at radius 3 is 2.94 bits per heavy atom. The van der Waals surface area contributed by atoms with Gasteiger partial charge in [0.1, 0.15) is 5.82 Å². The third-order valence-corrected chi connectivity index (χ3v) is 4.33. The smallest absolute Gasteiger partial charge is 0.306 e. The van der Waals surface area contributed by atoms with Crippen LogP contribution in [0.25, 0.3) is 0 Å². The first kappa shape index (κ1) is 11.7. The van der Waals surface area contributed by atoms with Crippen LogP contribution in [0.4, 0.5) is 4.39 Å². The third-order valence-electron chi connectivity index (χ3n) is 4.33. The Morgan fingerprint density at radius 2 is 2.28 bits per heavy atom. The highest BCUT2D eigenvalue weighted by atomic mass is 19.1. The van der Waals surface area contributed by atoms with E-state index < -0.39 is 0 Å². The fourth-order valence-electron chi connectivity index (χ4n) is 3.28. The number of benzene rings is 1. The van der Waals surface area contributed by atoms with Crippen molar-refractivity contribution in [2.75, 3.05) is 6.61 Å². The average Bonchev–Trinajstić information content (AvgIpc) is 3.03. The third kappa shape index (κ3) is 1.82. The van der Waals surface area contributed by atoms with E-state index in [0.29, 0.717) is 13.0 Å². The molecule has 2 aliphatic rings. The minimum absolute atomic E-state index is 0.155. The van der Waals surface area contributed by atoms with Crippen LogP contribution in [0.3, 0.4) is 0 Å². The van der Waals surface area contributed by atoms with Crippen molar-refractivity contribution in [1.29, 1.82) is 0 Å². The highest BCUT2D eigenvalue weighted by Gasteiger charge is 2.54. The van der Waals surface area contributed by atoms with Gasteiger partial charge in [-0.05, 0) is 54.9 Å². The molecular formula is C15H17FO2.